The second-order valence-electron chi connectivity index (χ2n) is 4.87. The number of methoxy groups -OCH3 is 1. The lowest BCUT2D eigenvalue weighted by molar-refractivity contribution is -0.139. The molecule has 0 radical (unpaired) electrons. The predicted molar refractivity (Wildman–Crippen MR) is 70.3 cm³/mol. The first-order chi connectivity index (χ1) is 8.84. The van der Waals surface area contributed by atoms with Gasteiger partial charge in [-0.25, -0.2) is 0 Å². The van der Waals surface area contributed by atoms with Crippen molar-refractivity contribution in [3.05, 3.63) is 27.7 Å². The highest BCUT2D eigenvalue weighted by Gasteiger charge is 2.45. The number of hydrogen-bond acceptors (Lipinski definition) is 2. The van der Waals surface area contributed by atoms with Gasteiger partial charge in [0.05, 0.1) is 17.1 Å². The number of ether oxygens (including phenoxy) is 1. The molecule has 1 aliphatic carbocycles. The molecule has 1 aliphatic rings. The molecule has 106 valence electrons. The van der Waals surface area contributed by atoms with Gasteiger partial charge in [-0.3, -0.25) is 0 Å². The van der Waals surface area contributed by atoms with Crippen LogP contribution in [0.5, 0.6) is 5.75 Å². The van der Waals surface area contributed by atoms with Crippen LogP contribution in [0.1, 0.15) is 30.4 Å². The summed E-state index contributed by atoms with van der Waals surface area (Å²) >= 11 is 3.25. The van der Waals surface area contributed by atoms with Crippen LogP contribution in [0.4, 0.5) is 13.2 Å². The molecule has 0 aliphatic heterocycles. The number of rotatable bonds is 3. The van der Waals surface area contributed by atoms with Gasteiger partial charge in [0.25, 0.3) is 0 Å². The van der Waals surface area contributed by atoms with Gasteiger partial charge < -0.3 is 10.5 Å². The lowest BCUT2D eigenvalue weighted by Gasteiger charge is -2.43. The molecule has 0 amide bonds. The highest BCUT2D eigenvalue weighted by Crippen LogP contribution is 2.49. The van der Waals surface area contributed by atoms with Crippen molar-refractivity contribution in [1.29, 1.82) is 0 Å². The van der Waals surface area contributed by atoms with Crippen molar-refractivity contribution in [2.75, 3.05) is 13.7 Å². The van der Waals surface area contributed by atoms with E-state index in [-0.39, 0.29) is 17.9 Å². The lowest BCUT2D eigenvalue weighted by Crippen LogP contribution is -2.43. The van der Waals surface area contributed by atoms with Gasteiger partial charge in [-0.2, -0.15) is 13.2 Å². The number of benzene rings is 1. The van der Waals surface area contributed by atoms with Crippen LogP contribution < -0.4 is 10.5 Å². The molecule has 1 saturated carbocycles. The van der Waals surface area contributed by atoms with E-state index < -0.39 is 17.2 Å². The van der Waals surface area contributed by atoms with Crippen LogP contribution in [-0.4, -0.2) is 13.7 Å². The highest BCUT2D eigenvalue weighted by molar-refractivity contribution is 9.10. The van der Waals surface area contributed by atoms with Crippen molar-refractivity contribution >= 4 is 15.9 Å². The van der Waals surface area contributed by atoms with Gasteiger partial charge in [0.2, 0.25) is 0 Å². The molecule has 0 atom stereocenters. The average molecular weight is 338 g/mol. The molecule has 0 saturated heterocycles. The van der Waals surface area contributed by atoms with Gasteiger partial charge in [-0.15, -0.1) is 0 Å². The fraction of sp³-hybridized carbons (Fsp3) is 0.538. The Hall–Kier alpha value is -0.750. The third-order valence-electron chi connectivity index (χ3n) is 3.87. The van der Waals surface area contributed by atoms with E-state index in [9.17, 15) is 13.2 Å². The van der Waals surface area contributed by atoms with E-state index in [1.807, 2.05) is 0 Å². The van der Waals surface area contributed by atoms with E-state index in [0.717, 1.165) is 12.5 Å². The molecule has 2 rings (SSSR count). The van der Waals surface area contributed by atoms with Gasteiger partial charge in [0.1, 0.15) is 5.75 Å². The summed E-state index contributed by atoms with van der Waals surface area (Å²) in [6.45, 7) is 0.231. The number of hydrogen-bond donors (Lipinski definition) is 1. The monoisotopic (exact) mass is 337 g/mol. The Morgan fingerprint density at radius 1 is 1.37 bits per heavy atom. The van der Waals surface area contributed by atoms with Crippen LogP contribution in [-0.2, 0) is 11.6 Å². The lowest BCUT2D eigenvalue weighted by atomic mass is 9.63. The molecule has 0 heterocycles. The summed E-state index contributed by atoms with van der Waals surface area (Å²) < 4.78 is 45.1. The first-order valence-electron chi connectivity index (χ1n) is 5.99. The van der Waals surface area contributed by atoms with Crippen LogP contribution in [0.2, 0.25) is 0 Å². The summed E-state index contributed by atoms with van der Waals surface area (Å²) in [7, 11) is 1.35. The minimum Gasteiger partial charge on any atom is -0.496 e. The van der Waals surface area contributed by atoms with Crippen LogP contribution in [0.25, 0.3) is 0 Å². The van der Waals surface area contributed by atoms with Crippen LogP contribution in [0.15, 0.2) is 16.6 Å². The molecule has 1 aromatic rings. The van der Waals surface area contributed by atoms with Crippen molar-refractivity contribution in [2.45, 2.75) is 30.9 Å². The van der Waals surface area contributed by atoms with Crippen LogP contribution in [0.3, 0.4) is 0 Å². The number of halogens is 4. The zero-order valence-electron chi connectivity index (χ0n) is 10.5. The molecule has 2 N–H and O–H groups in total. The normalized spacial score (nSPS) is 18.0. The number of alkyl halides is 3. The van der Waals surface area contributed by atoms with Gasteiger partial charge in [-0.05, 0) is 46.5 Å². The van der Waals surface area contributed by atoms with E-state index >= 15 is 0 Å². The summed E-state index contributed by atoms with van der Waals surface area (Å²) in [5.74, 6) is 0.183. The third kappa shape index (κ3) is 2.48. The van der Waals surface area contributed by atoms with Crippen molar-refractivity contribution < 1.29 is 17.9 Å². The molecule has 6 heteroatoms. The van der Waals surface area contributed by atoms with E-state index in [2.05, 4.69) is 15.9 Å². The van der Waals surface area contributed by atoms with E-state index in [0.29, 0.717) is 17.3 Å². The second kappa shape index (κ2) is 4.98. The Kier molecular flexibility index (Phi) is 3.84. The molecule has 2 nitrogen and oxygen atoms in total. The maximum absolute atomic E-state index is 13.2. The Labute approximate surface area is 118 Å². The second-order valence-corrected chi connectivity index (χ2v) is 5.72. The summed E-state index contributed by atoms with van der Waals surface area (Å²) in [5.41, 5.74) is 4.82. The molecule has 19 heavy (non-hydrogen) atoms. The van der Waals surface area contributed by atoms with Gasteiger partial charge >= 0.3 is 6.18 Å². The number of nitrogens with two attached hydrogens (primary N) is 1. The zero-order valence-corrected chi connectivity index (χ0v) is 12.1. The maximum atomic E-state index is 13.2. The van der Waals surface area contributed by atoms with Gasteiger partial charge in [0, 0.05) is 12.0 Å². The van der Waals surface area contributed by atoms with Crippen molar-refractivity contribution in [2.24, 2.45) is 5.73 Å². The van der Waals surface area contributed by atoms with E-state index in [1.54, 1.807) is 0 Å². The summed E-state index contributed by atoms with van der Waals surface area (Å²) in [5, 5.41) is 0. The molecule has 0 unspecified atom stereocenters. The molecule has 1 fully saturated rings. The Morgan fingerprint density at radius 2 is 2.00 bits per heavy atom. The first-order valence-corrected chi connectivity index (χ1v) is 6.78. The standard InChI is InChI=1S/C13H15BrF3NO/c1-19-11-6-9(13(15,16)17)8(5-10(11)14)12(7-18)3-2-4-12/h5-6H,2-4,7,18H2,1H3. The van der Waals surface area contributed by atoms with Crippen LogP contribution >= 0.6 is 15.9 Å². The van der Waals surface area contributed by atoms with Gasteiger partial charge in [-0.1, -0.05) is 6.42 Å². The molecular formula is C13H15BrF3NO. The molecule has 0 bridgehead atoms. The zero-order chi connectivity index (χ0) is 14.3. The first kappa shape index (κ1) is 14.7. The summed E-state index contributed by atoms with van der Waals surface area (Å²) in [6, 6.07) is 2.56. The maximum Gasteiger partial charge on any atom is 0.416 e. The Bertz CT molecular complexity index is 478. The summed E-state index contributed by atoms with van der Waals surface area (Å²) in [6.07, 6.45) is -2.09. The minimum atomic E-state index is -4.40. The Balaban J connectivity index is 2.62. The van der Waals surface area contributed by atoms with Crippen molar-refractivity contribution in [3.8, 4) is 5.75 Å². The average Bonchev–Trinajstić information content (AvgIpc) is 2.27. The SMILES string of the molecule is COc1cc(C(F)(F)F)c(C2(CN)CCC2)cc1Br. The molecule has 0 spiro atoms. The molecule has 1 aromatic carbocycles. The molecular weight excluding hydrogens is 323 g/mol. The van der Waals surface area contributed by atoms with Crippen LogP contribution in [0, 0.1) is 0 Å². The fourth-order valence-corrected chi connectivity index (χ4v) is 3.08. The molecule has 0 aromatic heterocycles. The fourth-order valence-electron chi connectivity index (χ4n) is 2.57. The Morgan fingerprint density at radius 3 is 2.37 bits per heavy atom. The third-order valence-corrected chi connectivity index (χ3v) is 4.49. The largest absolute Gasteiger partial charge is 0.496 e. The predicted octanol–water partition coefficient (Wildman–Crippen LogP) is 3.86. The summed E-state index contributed by atoms with van der Waals surface area (Å²) in [4.78, 5) is 0. The van der Waals surface area contributed by atoms with Crippen molar-refractivity contribution in [1.82, 2.24) is 0 Å². The van der Waals surface area contributed by atoms with E-state index in [4.69, 9.17) is 10.5 Å². The van der Waals surface area contributed by atoms with E-state index in [1.165, 1.54) is 13.2 Å². The van der Waals surface area contributed by atoms with Gasteiger partial charge in [0.15, 0.2) is 0 Å². The minimum absolute atomic E-state index is 0.183. The quantitative estimate of drug-likeness (QED) is 0.908. The van der Waals surface area contributed by atoms with Crippen molar-refractivity contribution in [3.63, 3.8) is 0 Å². The smallest absolute Gasteiger partial charge is 0.416 e. The topological polar surface area (TPSA) is 35.2 Å². The highest BCUT2D eigenvalue weighted by atomic mass is 79.9.